The first-order valence-corrected chi connectivity index (χ1v) is 7.72. The molecule has 132 valence electrons. The van der Waals surface area contributed by atoms with E-state index in [1.165, 1.54) is 6.07 Å². The Bertz CT molecular complexity index is 793. The lowest BCUT2D eigenvalue weighted by Gasteiger charge is -2.10. The standard InChI is InChI=1S/C18H19NO6/c1-4-23-17(21)13-7-5-6-8-15(13)19-16(20)10-24-18(22)14-9-11(2)25-12(14)3/h5-9H,4,10H2,1-3H3,(H,19,20). The molecule has 0 spiro atoms. The smallest absolute Gasteiger partial charge is 0.342 e. The maximum absolute atomic E-state index is 12.0. The van der Waals surface area contributed by atoms with Crippen molar-refractivity contribution in [3.8, 4) is 0 Å². The molecule has 1 aromatic carbocycles. The first-order chi connectivity index (χ1) is 11.9. The Morgan fingerprint density at radius 3 is 2.36 bits per heavy atom. The minimum Gasteiger partial charge on any atom is -0.466 e. The molecule has 0 aliphatic heterocycles. The van der Waals surface area contributed by atoms with Crippen LogP contribution >= 0.6 is 0 Å². The van der Waals surface area contributed by atoms with Crippen LogP contribution in [0.25, 0.3) is 0 Å². The van der Waals surface area contributed by atoms with Crippen LogP contribution in [-0.2, 0) is 14.3 Å². The largest absolute Gasteiger partial charge is 0.466 e. The van der Waals surface area contributed by atoms with Crippen molar-refractivity contribution < 1.29 is 28.3 Å². The number of aryl methyl sites for hydroxylation is 2. The van der Waals surface area contributed by atoms with Crippen LogP contribution in [0.1, 0.15) is 39.2 Å². The number of nitrogens with one attached hydrogen (secondary N) is 1. The Morgan fingerprint density at radius 2 is 1.72 bits per heavy atom. The lowest BCUT2D eigenvalue weighted by atomic mass is 10.2. The molecule has 1 amide bonds. The maximum atomic E-state index is 12.0. The number of benzene rings is 1. The SMILES string of the molecule is CCOC(=O)c1ccccc1NC(=O)COC(=O)c1cc(C)oc1C. The number of hydrogen-bond acceptors (Lipinski definition) is 6. The van der Waals surface area contributed by atoms with Gasteiger partial charge in [-0.25, -0.2) is 9.59 Å². The van der Waals surface area contributed by atoms with E-state index in [9.17, 15) is 14.4 Å². The predicted molar refractivity (Wildman–Crippen MR) is 89.5 cm³/mol. The maximum Gasteiger partial charge on any atom is 0.342 e. The number of carbonyl (C=O) groups is 3. The molecule has 1 aromatic heterocycles. The zero-order valence-electron chi connectivity index (χ0n) is 14.3. The van der Waals surface area contributed by atoms with Crippen molar-refractivity contribution in [2.45, 2.75) is 20.8 Å². The summed E-state index contributed by atoms with van der Waals surface area (Å²) in [5.41, 5.74) is 0.792. The molecule has 0 atom stereocenters. The summed E-state index contributed by atoms with van der Waals surface area (Å²) in [5.74, 6) is -0.751. The Kier molecular flexibility index (Phi) is 5.94. The van der Waals surface area contributed by atoms with Gasteiger partial charge >= 0.3 is 11.9 Å². The number of hydrogen-bond donors (Lipinski definition) is 1. The molecule has 0 fully saturated rings. The number of amides is 1. The number of carbonyl (C=O) groups excluding carboxylic acids is 3. The summed E-state index contributed by atoms with van der Waals surface area (Å²) >= 11 is 0. The van der Waals surface area contributed by atoms with E-state index in [1.54, 1.807) is 45.0 Å². The number of esters is 2. The predicted octanol–water partition coefficient (Wildman–Crippen LogP) is 2.87. The van der Waals surface area contributed by atoms with E-state index in [0.29, 0.717) is 11.5 Å². The molecule has 7 heteroatoms. The number of ether oxygens (including phenoxy) is 2. The molecule has 0 aliphatic rings. The second-order valence-corrected chi connectivity index (χ2v) is 5.22. The third-order valence-corrected chi connectivity index (χ3v) is 3.29. The highest BCUT2D eigenvalue weighted by Crippen LogP contribution is 2.17. The van der Waals surface area contributed by atoms with Crippen LogP contribution in [-0.4, -0.2) is 31.1 Å². The molecule has 2 rings (SSSR count). The van der Waals surface area contributed by atoms with E-state index in [0.717, 1.165) is 0 Å². The van der Waals surface area contributed by atoms with Crippen molar-refractivity contribution in [2.75, 3.05) is 18.5 Å². The van der Waals surface area contributed by atoms with Crippen LogP contribution in [0.4, 0.5) is 5.69 Å². The van der Waals surface area contributed by atoms with Gasteiger partial charge in [0, 0.05) is 0 Å². The molecule has 0 aliphatic carbocycles. The number of anilines is 1. The van der Waals surface area contributed by atoms with Gasteiger partial charge in [0.15, 0.2) is 6.61 Å². The Labute approximate surface area is 144 Å². The highest BCUT2D eigenvalue weighted by atomic mass is 16.5. The van der Waals surface area contributed by atoms with Crippen LogP contribution < -0.4 is 5.32 Å². The van der Waals surface area contributed by atoms with E-state index in [-0.39, 0.29) is 23.4 Å². The van der Waals surface area contributed by atoms with Crippen molar-refractivity contribution >= 4 is 23.5 Å². The van der Waals surface area contributed by atoms with Gasteiger partial charge in [-0.3, -0.25) is 4.79 Å². The van der Waals surface area contributed by atoms with Gasteiger partial charge in [0.05, 0.1) is 17.9 Å². The van der Waals surface area contributed by atoms with E-state index >= 15 is 0 Å². The minimum atomic E-state index is -0.650. The minimum absolute atomic E-state index is 0.224. The fraction of sp³-hybridized carbons (Fsp3) is 0.278. The van der Waals surface area contributed by atoms with Gasteiger partial charge in [0.1, 0.15) is 17.1 Å². The van der Waals surface area contributed by atoms with Crippen molar-refractivity contribution in [3.05, 3.63) is 53.0 Å². The molecule has 0 saturated carbocycles. The van der Waals surface area contributed by atoms with Crippen LogP contribution in [0.15, 0.2) is 34.7 Å². The first kappa shape index (κ1) is 18.3. The molecule has 7 nitrogen and oxygen atoms in total. The fourth-order valence-corrected chi connectivity index (χ4v) is 2.21. The Morgan fingerprint density at radius 1 is 1.04 bits per heavy atom. The molecule has 25 heavy (non-hydrogen) atoms. The van der Waals surface area contributed by atoms with Crippen LogP contribution in [0.3, 0.4) is 0 Å². The summed E-state index contributed by atoms with van der Waals surface area (Å²) in [4.78, 5) is 35.8. The molecule has 0 radical (unpaired) electrons. The summed E-state index contributed by atoms with van der Waals surface area (Å²) < 4.78 is 15.2. The molecular formula is C18H19NO6. The Hall–Kier alpha value is -3.09. The Balaban J connectivity index is 1.98. The molecule has 0 saturated heterocycles. The van der Waals surface area contributed by atoms with Gasteiger partial charge in [-0.1, -0.05) is 12.1 Å². The fourth-order valence-electron chi connectivity index (χ4n) is 2.21. The normalized spacial score (nSPS) is 10.2. The molecule has 1 N–H and O–H groups in total. The van der Waals surface area contributed by atoms with E-state index < -0.39 is 24.5 Å². The van der Waals surface area contributed by atoms with Gasteiger partial charge in [0.2, 0.25) is 0 Å². The molecule has 0 unspecified atom stereocenters. The van der Waals surface area contributed by atoms with E-state index in [1.807, 2.05) is 0 Å². The molecule has 1 heterocycles. The lowest BCUT2D eigenvalue weighted by molar-refractivity contribution is -0.119. The highest BCUT2D eigenvalue weighted by molar-refractivity contribution is 6.02. The summed E-state index contributed by atoms with van der Waals surface area (Å²) in [6.45, 7) is 4.78. The van der Waals surface area contributed by atoms with E-state index in [2.05, 4.69) is 5.32 Å². The second-order valence-electron chi connectivity index (χ2n) is 5.22. The van der Waals surface area contributed by atoms with Gasteiger partial charge in [-0.2, -0.15) is 0 Å². The average molecular weight is 345 g/mol. The summed E-state index contributed by atoms with van der Waals surface area (Å²) in [6, 6.07) is 7.98. The van der Waals surface area contributed by atoms with Gasteiger partial charge in [0.25, 0.3) is 5.91 Å². The summed E-state index contributed by atoms with van der Waals surface area (Å²) in [6.07, 6.45) is 0. The van der Waals surface area contributed by atoms with Gasteiger partial charge in [-0.15, -0.1) is 0 Å². The third kappa shape index (κ3) is 4.69. The van der Waals surface area contributed by atoms with Crippen molar-refractivity contribution in [1.29, 1.82) is 0 Å². The van der Waals surface area contributed by atoms with Crippen LogP contribution in [0, 0.1) is 13.8 Å². The number of rotatable bonds is 6. The number of para-hydroxylation sites is 1. The van der Waals surface area contributed by atoms with Crippen molar-refractivity contribution in [3.63, 3.8) is 0 Å². The topological polar surface area (TPSA) is 94.8 Å². The van der Waals surface area contributed by atoms with Crippen LogP contribution in [0.2, 0.25) is 0 Å². The summed E-state index contributed by atoms with van der Waals surface area (Å²) in [7, 11) is 0. The zero-order chi connectivity index (χ0) is 18.4. The zero-order valence-corrected chi connectivity index (χ0v) is 14.3. The third-order valence-electron chi connectivity index (χ3n) is 3.29. The average Bonchev–Trinajstić information content (AvgIpc) is 2.92. The molecular weight excluding hydrogens is 326 g/mol. The van der Waals surface area contributed by atoms with Gasteiger partial charge < -0.3 is 19.2 Å². The highest BCUT2D eigenvalue weighted by Gasteiger charge is 2.18. The van der Waals surface area contributed by atoms with Gasteiger partial charge in [-0.05, 0) is 39.0 Å². The monoisotopic (exact) mass is 345 g/mol. The quantitative estimate of drug-likeness (QED) is 0.809. The second kappa shape index (κ2) is 8.14. The first-order valence-electron chi connectivity index (χ1n) is 7.72. The van der Waals surface area contributed by atoms with Crippen LogP contribution in [0.5, 0.6) is 0 Å². The van der Waals surface area contributed by atoms with Crippen molar-refractivity contribution in [2.24, 2.45) is 0 Å². The van der Waals surface area contributed by atoms with Crippen molar-refractivity contribution in [1.82, 2.24) is 0 Å². The molecule has 2 aromatic rings. The lowest BCUT2D eigenvalue weighted by Crippen LogP contribution is -2.22. The summed E-state index contributed by atoms with van der Waals surface area (Å²) in [5, 5.41) is 2.54. The molecule has 0 bridgehead atoms. The van der Waals surface area contributed by atoms with E-state index in [4.69, 9.17) is 13.9 Å². The number of furan rings is 1.